The Morgan fingerprint density at radius 1 is 1.35 bits per heavy atom. The van der Waals surface area contributed by atoms with E-state index in [2.05, 4.69) is 15.9 Å². The highest BCUT2D eigenvalue weighted by molar-refractivity contribution is 5.80. The van der Waals surface area contributed by atoms with Crippen molar-refractivity contribution in [1.29, 1.82) is 0 Å². The van der Waals surface area contributed by atoms with Crippen LogP contribution < -0.4 is 5.73 Å². The average molecular weight is 421 g/mol. The van der Waals surface area contributed by atoms with Crippen molar-refractivity contribution in [2.24, 2.45) is 23.0 Å². The third kappa shape index (κ3) is 4.29. The molecule has 7 heteroatoms. The second-order valence-electron chi connectivity index (χ2n) is 9.07. The summed E-state index contributed by atoms with van der Waals surface area (Å²) >= 11 is 0. The van der Waals surface area contributed by atoms with Gasteiger partial charge in [0.25, 0.3) is 0 Å². The summed E-state index contributed by atoms with van der Waals surface area (Å²) < 4.78 is 4.99. The van der Waals surface area contributed by atoms with Crippen LogP contribution in [0, 0.1) is 29.6 Å². The second-order valence-corrected chi connectivity index (χ2v) is 9.07. The van der Waals surface area contributed by atoms with Crippen LogP contribution in [0.3, 0.4) is 0 Å². The Hall–Kier alpha value is -3.27. The Morgan fingerprint density at radius 3 is 2.65 bits per heavy atom. The van der Waals surface area contributed by atoms with Gasteiger partial charge >= 0.3 is 6.09 Å². The lowest BCUT2D eigenvalue weighted by Crippen LogP contribution is -2.41. The Balaban J connectivity index is 1.57. The van der Waals surface area contributed by atoms with E-state index in [0.717, 1.165) is 41.9 Å². The van der Waals surface area contributed by atoms with Crippen molar-refractivity contribution in [3.63, 3.8) is 0 Å². The highest BCUT2D eigenvalue weighted by atomic mass is 16.5. The molecular formula is C24H28N4O3. The quantitative estimate of drug-likeness (QED) is 0.699. The smallest absolute Gasteiger partial charge is 0.404 e. The number of imidazole rings is 1. The number of likely N-dealkylation sites (tertiary alicyclic amines) is 1. The molecule has 1 aromatic carbocycles. The van der Waals surface area contributed by atoms with Crippen LogP contribution in [0.5, 0.6) is 0 Å². The van der Waals surface area contributed by atoms with E-state index in [1.54, 1.807) is 6.20 Å². The number of rotatable bonds is 6. The van der Waals surface area contributed by atoms with Gasteiger partial charge in [0.2, 0.25) is 5.91 Å². The predicted octanol–water partition coefficient (Wildman–Crippen LogP) is 3.48. The molecule has 2 unspecified atom stereocenters. The fraction of sp³-hybridized carbons (Fsp3) is 0.458. The van der Waals surface area contributed by atoms with Crippen LogP contribution in [0.15, 0.2) is 30.5 Å². The number of terminal acetylenes is 1. The third-order valence-corrected chi connectivity index (χ3v) is 6.55. The molecule has 1 saturated carbocycles. The SMILES string of the molecule is C#Cc1ccc(-c2cnc(C3CC4(CC4)CN3C(=O)C(COC(N)=O)C(C)C)[nH]2)cc1. The van der Waals surface area contributed by atoms with Gasteiger partial charge in [-0.3, -0.25) is 4.79 Å². The van der Waals surface area contributed by atoms with Crippen LogP contribution in [-0.4, -0.2) is 40.0 Å². The Morgan fingerprint density at radius 2 is 2.06 bits per heavy atom. The molecule has 0 radical (unpaired) electrons. The molecule has 7 nitrogen and oxygen atoms in total. The summed E-state index contributed by atoms with van der Waals surface area (Å²) in [5.74, 6) is 2.97. The first-order valence-electron chi connectivity index (χ1n) is 10.7. The predicted molar refractivity (Wildman–Crippen MR) is 117 cm³/mol. The van der Waals surface area contributed by atoms with Gasteiger partial charge in [-0.05, 0) is 48.3 Å². The van der Waals surface area contributed by atoms with E-state index >= 15 is 0 Å². The molecule has 1 spiro atoms. The number of ether oxygens (including phenoxy) is 1. The first-order chi connectivity index (χ1) is 14.8. The lowest BCUT2D eigenvalue weighted by molar-refractivity contribution is -0.139. The number of hydrogen-bond acceptors (Lipinski definition) is 4. The van der Waals surface area contributed by atoms with Gasteiger partial charge < -0.3 is 20.4 Å². The Bertz CT molecular complexity index is 1010. The van der Waals surface area contributed by atoms with E-state index in [1.807, 2.05) is 43.0 Å². The number of nitrogens with one attached hydrogen (secondary N) is 1. The maximum atomic E-state index is 13.5. The molecule has 0 bridgehead atoms. The molecule has 1 aliphatic carbocycles. The zero-order valence-electron chi connectivity index (χ0n) is 17.9. The van der Waals surface area contributed by atoms with Crippen molar-refractivity contribution in [2.45, 2.75) is 39.2 Å². The number of H-pyrrole nitrogens is 1. The minimum Gasteiger partial charge on any atom is -0.449 e. The van der Waals surface area contributed by atoms with Gasteiger partial charge in [-0.2, -0.15) is 0 Å². The molecule has 4 rings (SSSR count). The number of hydrogen-bond donors (Lipinski definition) is 2. The van der Waals surface area contributed by atoms with Gasteiger partial charge in [-0.25, -0.2) is 9.78 Å². The number of primary amides is 1. The normalized spacial score (nSPS) is 19.9. The van der Waals surface area contributed by atoms with Crippen LogP contribution in [0.1, 0.15) is 50.5 Å². The molecule has 31 heavy (non-hydrogen) atoms. The van der Waals surface area contributed by atoms with Gasteiger partial charge in [0.05, 0.1) is 23.9 Å². The molecule has 1 saturated heterocycles. The molecular weight excluding hydrogens is 392 g/mol. The molecule has 1 aliphatic heterocycles. The summed E-state index contributed by atoms with van der Waals surface area (Å²) in [6, 6.07) is 7.59. The largest absolute Gasteiger partial charge is 0.449 e. The fourth-order valence-electron chi connectivity index (χ4n) is 4.40. The number of nitrogens with zero attached hydrogens (tertiary/aromatic N) is 2. The maximum absolute atomic E-state index is 13.5. The standard InChI is InChI=1S/C24H28N4O3/c1-4-16-5-7-17(8-6-16)19-12-26-21(27-19)20-11-24(9-10-24)14-28(20)22(29)18(15(2)3)13-31-23(25)30/h1,5-8,12,15,18,20H,9-11,13-14H2,2-3H3,(H2,25,30)(H,26,27). The van der Waals surface area contributed by atoms with E-state index < -0.39 is 12.0 Å². The van der Waals surface area contributed by atoms with Crippen LogP contribution in [0.4, 0.5) is 4.79 Å². The van der Waals surface area contributed by atoms with E-state index in [1.165, 1.54) is 0 Å². The molecule has 162 valence electrons. The van der Waals surface area contributed by atoms with E-state index in [0.29, 0.717) is 6.54 Å². The number of carbonyl (C=O) groups excluding carboxylic acids is 2. The van der Waals surface area contributed by atoms with Gasteiger partial charge in [-0.15, -0.1) is 6.42 Å². The van der Waals surface area contributed by atoms with Crippen molar-refractivity contribution in [3.8, 4) is 23.6 Å². The van der Waals surface area contributed by atoms with Gasteiger partial charge in [0, 0.05) is 12.1 Å². The summed E-state index contributed by atoms with van der Waals surface area (Å²) in [4.78, 5) is 34.5. The average Bonchev–Trinajstić information content (AvgIpc) is 3.15. The highest BCUT2D eigenvalue weighted by Gasteiger charge is 2.55. The summed E-state index contributed by atoms with van der Waals surface area (Å²) in [7, 11) is 0. The summed E-state index contributed by atoms with van der Waals surface area (Å²) in [5.41, 5.74) is 8.02. The number of aromatic nitrogens is 2. The van der Waals surface area contributed by atoms with E-state index in [-0.39, 0.29) is 29.9 Å². The number of benzene rings is 1. The van der Waals surface area contributed by atoms with E-state index in [4.69, 9.17) is 16.9 Å². The van der Waals surface area contributed by atoms with Crippen molar-refractivity contribution in [1.82, 2.24) is 14.9 Å². The number of amides is 2. The van der Waals surface area contributed by atoms with E-state index in [9.17, 15) is 9.59 Å². The number of aromatic amines is 1. The third-order valence-electron chi connectivity index (χ3n) is 6.55. The zero-order valence-corrected chi connectivity index (χ0v) is 17.9. The number of carbonyl (C=O) groups is 2. The maximum Gasteiger partial charge on any atom is 0.404 e. The van der Waals surface area contributed by atoms with Crippen molar-refractivity contribution in [2.75, 3.05) is 13.2 Å². The van der Waals surface area contributed by atoms with Crippen molar-refractivity contribution >= 4 is 12.0 Å². The van der Waals surface area contributed by atoms with Gasteiger partial charge in [0.1, 0.15) is 12.4 Å². The molecule has 2 fully saturated rings. The van der Waals surface area contributed by atoms with Crippen molar-refractivity contribution in [3.05, 3.63) is 41.9 Å². The molecule has 1 aromatic heterocycles. The second kappa shape index (κ2) is 8.10. The Labute approximate surface area is 182 Å². The number of nitrogens with two attached hydrogens (primary N) is 1. The van der Waals surface area contributed by atoms with Gasteiger partial charge in [0.15, 0.2) is 0 Å². The first-order valence-corrected chi connectivity index (χ1v) is 10.7. The minimum atomic E-state index is -0.860. The fourth-order valence-corrected chi connectivity index (χ4v) is 4.40. The topological polar surface area (TPSA) is 101 Å². The van der Waals surface area contributed by atoms with Crippen LogP contribution in [0.2, 0.25) is 0 Å². The molecule has 2 aromatic rings. The monoisotopic (exact) mass is 420 g/mol. The lowest BCUT2D eigenvalue weighted by Gasteiger charge is -2.29. The molecule has 2 heterocycles. The molecule has 2 atom stereocenters. The molecule has 2 amide bonds. The zero-order chi connectivity index (χ0) is 22.2. The highest BCUT2D eigenvalue weighted by Crippen LogP contribution is 2.58. The van der Waals surface area contributed by atoms with Crippen molar-refractivity contribution < 1.29 is 14.3 Å². The summed E-state index contributed by atoms with van der Waals surface area (Å²) in [6.45, 7) is 4.61. The summed E-state index contributed by atoms with van der Waals surface area (Å²) in [6.07, 6.45) is 9.52. The molecule has 2 aliphatic rings. The summed E-state index contributed by atoms with van der Waals surface area (Å²) in [5, 5.41) is 0. The lowest BCUT2D eigenvalue weighted by atomic mass is 9.95. The van der Waals surface area contributed by atoms with Gasteiger partial charge in [-0.1, -0.05) is 31.9 Å². The van der Waals surface area contributed by atoms with Crippen LogP contribution >= 0.6 is 0 Å². The first kappa shape index (κ1) is 21.0. The van der Waals surface area contributed by atoms with Crippen LogP contribution in [0.25, 0.3) is 11.3 Å². The Kier molecular flexibility index (Phi) is 5.48. The molecule has 3 N–H and O–H groups in total. The van der Waals surface area contributed by atoms with Crippen LogP contribution in [-0.2, 0) is 9.53 Å². The minimum absolute atomic E-state index is 0.00696.